The Morgan fingerprint density at radius 2 is 0.448 bits per heavy atom. The third-order valence-corrected chi connectivity index (χ3v) is 25.2. The Balaban J connectivity index is 0.000000114. The number of hydrogen-bond acceptors (Lipinski definition) is 3. The number of aromatic nitrogens is 4. The average Bonchev–Trinajstić information content (AvgIpc) is 1.62. The van der Waals surface area contributed by atoms with Crippen LogP contribution in [0.1, 0.15) is 105 Å². The maximum Gasteiger partial charge on any atom is 0.151 e. The van der Waals surface area contributed by atoms with Crippen molar-refractivity contribution in [3.05, 3.63) is 441 Å². The summed E-state index contributed by atoms with van der Waals surface area (Å²) in [5.41, 5.74) is 30.1. The molecule has 3 aromatic heterocycles. The number of rotatable bonds is 5. The lowest BCUT2D eigenvalue weighted by Crippen LogP contribution is -2.13. The van der Waals surface area contributed by atoms with E-state index in [1.165, 1.54) is 120 Å². The second-order valence-electron chi connectivity index (χ2n) is 36.5. The monoisotopic (exact) mass is 1640 g/mol. The highest BCUT2D eigenvalue weighted by Crippen LogP contribution is 2.51. The highest BCUT2D eigenvalue weighted by molar-refractivity contribution is 7.24. The van der Waals surface area contributed by atoms with Crippen LogP contribution in [0.2, 0.25) is 0 Å². The fourth-order valence-corrected chi connectivity index (χ4v) is 18.6. The summed E-state index contributed by atoms with van der Waals surface area (Å²) in [6.07, 6.45) is 0. The Kier molecular flexibility index (Phi) is 22.4. The van der Waals surface area contributed by atoms with Crippen molar-refractivity contribution in [1.82, 2.24) is 18.3 Å². The van der Waals surface area contributed by atoms with Crippen LogP contribution in [-0.2, 0) is 21.7 Å². The molecule has 125 heavy (non-hydrogen) atoms. The second kappa shape index (κ2) is 34.2. The molecule has 0 amide bonds. The molecule has 0 spiro atoms. The fourth-order valence-electron chi connectivity index (χ4n) is 17.5. The number of fused-ring (bicyclic) bond motifs is 17. The molecule has 4 heterocycles. The molecule has 17 aromatic carbocycles. The number of nitrogens with zero attached hydrogens (tertiary/aromatic N) is 5. The van der Waals surface area contributed by atoms with Gasteiger partial charge in [0, 0.05) is 76.6 Å². The summed E-state index contributed by atoms with van der Waals surface area (Å²) in [5, 5.41) is 7.21. The van der Waals surface area contributed by atoms with E-state index in [0.29, 0.717) is 0 Å². The molecule has 0 aliphatic carbocycles. The summed E-state index contributed by atoms with van der Waals surface area (Å²) >= 11 is 1.84. The van der Waals surface area contributed by atoms with Crippen LogP contribution in [0.5, 0.6) is 0 Å². The van der Waals surface area contributed by atoms with Crippen molar-refractivity contribution in [2.45, 2.75) is 105 Å². The van der Waals surface area contributed by atoms with Crippen LogP contribution in [0.15, 0.2) is 423 Å². The van der Waals surface area contributed by atoms with Gasteiger partial charge >= 0.3 is 0 Å². The third-order valence-electron chi connectivity index (χ3n) is 24.0. The molecule has 20 aromatic rings. The minimum atomic E-state index is 0.105. The van der Waals surface area contributed by atoms with Crippen LogP contribution in [0.25, 0.3) is 142 Å². The Hall–Kier alpha value is -14.2. The van der Waals surface area contributed by atoms with Gasteiger partial charge in [0.05, 0.1) is 60.2 Å². The molecule has 0 unspecified atom stereocenters. The first-order valence-corrected chi connectivity index (χ1v) is 44.4. The van der Waals surface area contributed by atoms with Crippen LogP contribution in [0.3, 0.4) is 0 Å². The molecule has 0 radical (unpaired) electrons. The maximum absolute atomic E-state index is 6.43. The van der Waals surface area contributed by atoms with Crippen molar-refractivity contribution in [3.63, 3.8) is 0 Å². The largest absolute Gasteiger partial charge is 0.455 e. The molecule has 0 saturated heterocycles. The zero-order valence-corrected chi connectivity index (χ0v) is 74.2. The summed E-state index contributed by atoms with van der Waals surface area (Å²) in [7, 11) is 0. The third kappa shape index (κ3) is 16.5. The van der Waals surface area contributed by atoms with E-state index in [1.807, 2.05) is 35.6 Å². The normalized spacial score (nSPS) is 12.0. The molecule has 6 nitrogen and oxygen atoms in total. The van der Waals surface area contributed by atoms with E-state index in [9.17, 15) is 0 Å². The van der Waals surface area contributed by atoms with Crippen molar-refractivity contribution in [2.24, 2.45) is 0 Å². The molecule has 0 saturated carbocycles. The van der Waals surface area contributed by atoms with Gasteiger partial charge in [0.2, 0.25) is 0 Å². The van der Waals surface area contributed by atoms with E-state index in [2.05, 4.69) is 501 Å². The Morgan fingerprint density at radius 1 is 0.184 bits per heavy atom. The van der Waals surface area contributed by atoms with E-state index in [0.717, 1.165) is 61.1 Å². The molecule has 0 atom stereocenters. The zero-order chi connectivity index (χ0) is 86.1. The summed E-state index contributed by atoms with van der Waals surface area (Å²) in [6.45, 7) is 27.1. The summed E-state index contributed by atoms with van der Waals surface area (Å²) < 4.78 is 18.5. The van der Waals surface area contributed by atoms with Crippen molar-refractivity contribution in [2.75, 3.05) is 4.90 Å². The number of para-hydroxylation sites is 13. The lowest BCUT2D eigenvalue weighted by Gasteiger charge is -2.28. The topological polar surface area (TPSA) is 36.1 Å². The first-order chi connectivity index (χ1) is 60.6. The van der Waals surface area contributed by atoms with Gasteiger partial charge in [0.15, 0.2) is 5.58 Å². The standard InChI is InChI=1S/C34H30N2.C28H25NO.C28H25NS.C28H25N/c1-34(2,3)25-21-23-27(24-22-25)36-31-18-10-8-16-29(31)28-15-7-9-17-30(28)35(26-13-5-4-6-14-26)32-19-11-12-20-33(32)36;2*1-28(2,3)20-16-18-21(19-17-20)29-24-12-6-4-10-22(24)23-11-5-8-14-26(23)30-27-15-9-7-13-25(27)29;1-28(2,3)20-16-18-21(19-17-20)29-26-14-8-6-12-24(26)22-10-4-5-11-23(22)25-13-7-9-15-27(25)29/h4-24H,1-3H3;2*4-19H,1-3H3;4-19H,1-3H3. The first kappa shape index (κ1) is 81.7. The minimum absolute atomic E-state index is 0.105. The summed E-state index contributed by atoms with van der Waals surface area (Å²) in [5.74, 6) is 0. The van der Waals surface area contributed by atoms with Crippen LogP contribution in [-0.4, -0.2) is 18.3 Å². The summed E-state index contributed by atoms with van der Waals surface area (Å²) in [4.78, 5) is 2.40. The molecule has 0 fully saturated rings. The van der Waals surface area contributed by atoms with Crippen molar-refractivity contribution < 1.29 is 4.42 Å². The molecule has 1 aliphatic heterocycles. The highest BCUT2D eigenvalue weighted by atomic mass is 32.1. The van der Waals surface area contributed by atoms with Crippen molar-refractivity contribution in [1.29, 1.82) is 0 Å². The van der Waals surface area contributed by atoms with Crippen molar-refractivity contribution >= 4 is 125 Å². The van der Waals surface area contributed by atoms with Crippen molar-refractivity contribution in [3.8, 4) is 45.0 Å². The molecule has 1 aliphatic rings. The molecular formula is C118H105N5OS. The van der Waals surface area contributed by atoms with Gasteiger partial charge in [0.25, 0.3) is 0 Å². The lowest BCUT2D eigenvalue weighted by molar-refractivity contribution is 0.590. The number of benzene rings is 17. The molecule has 614 valence electrons. The van der Waals surface area contributed by atoms with Crippen LogP contribution >= 0.6 is 11.3 Å². The SMILES string of the molecule is CC(C)(C)c1ccc(-n2c3ccccc3c3ccccc3n(-c3ccccc3)c3ccccc32)cc1.CC(C)(C)c1ccc(-n2c3ccccc3oc3ccccc3c3ccccc32)cc1.CC(C)(C)c1ccc(-n2c3ccccc3sc3ccccc3c3ccccc32)cc1.CC(C)(C)c1ccc(N2c3ccccc3-c3ccccc3-c3ccccc32)cc1. The Morgan fingerprint density at radius 3 is 0.864 bits per heavy atom. The molecule has 0 bridgehead atoms. The van der Waals surface area contributed by atoms with Gasteiger partial charge in [-0.25, -0.2) is 0 Å². The number of hydrogen-bond donors (Lipinski definition) is 0. The van der Waals surface area contributed by atoms with E-state index in [-0.39, 0.29) is 21.7 Å². The molecule has 21 rings (SSSR count). The molecular weight excluding hydrogens is 1540 g/mol. The lowest BCUT2D eigenvalue weighted by atomic mass is 9.87. The van der Waals surface area contributed by atoms with Gasteiger partial charge in [-0.2, -0.15) is 0 Å². The fraction of sp³-hybridized carbons (Fsp3) is 0.136. The Bertz CT molecular complexity index is 7260. The highest BCUT2D eigenvalue weighted by Gasteiger charge is 2.27. The van der Waals surface area contributed by atoms with E-state index >= 15 is 0 Å². The van der Waals surface area contributed by atoms with Crippen LogP contribution < -0.4 is 4.90 Å². The number of anilines is 3. The van der Waals surface area contributed by atoms with E-state index in [1.54, 1.807) is 0 Å². The first-order valence-electron chi connectivity index (χ1n) is 43.5. The van der Waals surface area contributed by atoms with Gasteiger partial charge < -0.3 is 27.6 Å². The molecule has 7 heteroatoms. The average molecular weight is 1640 g/mol. The molecule has 0 N–H and O–H groups in total. The second-order valence-corrected chi connectivity index (χ2v) is 37.6. The van der Waals surface area contributed by atoms with Gasteiger partial charge in [-0.15, -0.1) is 11.3 Å². The minimum Gasteiger partial charge on any atom is -0.455 e. The van der Waals surface area contributed by atoms with Gasteiger partial charge in [0.1, 0.15) is 5.58 Å². The zero-order valence-electron chi connectivity index (χ0n) is 73.4. The predicted octanol–water partition coefficient (Wildman–Crippen LogP) is 33.6. The van der Waals surface area contributed by atoms with Crippen LogP contribution in [0.4, 0.5) is 17.1 Å². The summed E-state index contributed by atoms with van der Waals surface area (Å²) in [6, 6.07) is 150. The predicted molar refractivity (Wildman–Crippen MR) is 538 cm³/mol. The van der Waals surface area contributed by atoms with Crippen LogP contribution in [0, 0.1) is 0 Å². The van der Waals surface area contributed by atoms with E-state index in [4.69, 9.17) is 4.42 Å². The Labute approximate surface area is 738 Å². The van der Waals surface area contributed by atoms with E-state index < -0.39 is 0 Å². The van der Waals surface area contributed by atoms with Gasteiger partial charge in [-0.3, -0.25) is 0 Å². The van der Waals surface area contributed by atoms with Gasteiger partial charge in [-0.05, 0) is 201 Å². The van der Waals surface area contributed by atoms with Gasteiger partial charge in [-0.1, -0.05) is 356 Å². The quantitative estimate of drug-likeness (QED) is 0.172. The smallest absolute Gasteiger partial charge is 0.151 e. The maximum atomic E-state index is 6.43.